The predicted octanol–water partition coefficient (Wildman–Crippen LogP) is 7.63. The maximum Gasteiger partial charge on any atom is 0.231 e. The highest BCUT2D eigenvalue weighted by Crippen LogP contribution is 2.32. The summed E-state index contributed by atoms with van der Waals surface area (Å²) in [4.78, 5) is 26.4. The van der Waals surface area contributed by atoms with Gasteiger partial charge in [0.25, 0.3) is 0 Å². The van der Waals surface area contributed by atoms with E-state index in [2.05, 4.69) is 71.3 Å². The number of nitrogens with one attached hydrogen (secondary N) is 2. The molecule has 184 valence electrons. The number of carbonyl (C=O) groups is 2. The lowest BCUT2D eigenvalue weighted by Crippen LogP contribution is -2.23. The first-order valence-electron chi connectivity index (χ1n) is 12.0. The van der Waals surface area contributed by atoms with Crippen molar-refractivity contribution >= 4 is 45.8 Å². The second-order valence-corrected chi connectivity index (χ2v) is 10.8. The number of benzene rings is 3. The molecule has 2 amide bonds. The molecule has 0 aliphatic carbocycles. The van der Waals surface area contributed by atoms with Gasteiger partial charge < -0.3 is 10.6 Å². The van der Waals surface area contributed by atoms with Crippen LogP contribution in [0.25, 0.3) is 0 Å². The van der Waals surface area contributed by atoms with E-state index in [0.29, 0.717) is 0 Å². The van der Waals surface area contributed by atoms with Crippen molar-refractivity contribution in [1.29, 1.82) is 0 Å². The summed E-state index contributed by atoms with van der Waals surface area (Å²) in [6.07, 6.45) is 0. The number of hydrogen-bond acceptors (Lipinski definition) is 2. The number of halogens is 1. The van der Waals surface area contributed by atoms with Gasteiger partial charge in [-0.15, -0.1) is 0 Å². The third kappa shape index (κ3) is 5.95. The molecule has 0 spiro atoms. The van der Waals surface area contributed by atoms with Crippen LogP contribution in [0.4, 0.5) is 11.4 Å². The summed E-state index contributed by atoms with van der Waals surface area (Å²) in [7, 11) is 0. The average molecular weight is 583 g/mol. The number of amides is 2. The Morgan fingerprint density at radius 3 is 1.29 bits per heavy atom. The topological polar surface area (TPSA) is 58.2 Å². The van der Waals surface area contributed by atoms with Crippen LogP contribution >= 0.6 is 22.6 Å². The monoisotopic (exact) mass is 582 g/mol. The molecule has 3 rings (SSSR count). The maximum atomic E-state index is 13.2. The number of hydrogen-bond donors (Lipinski definition) is 2. The average Bonchev–Trinajstić information content (AvgIpc) is 2.77. The summed E-state index contributed by atoms with van der Waals surface area (Å²) >= 11 is 2.28. The van der Waals surface area contributed by atoms with E-state index in [1.54, 1.807) is 0 Å². The molecule has 35 heavy (non-hydrogen) atoms. The Kier molecular flexibility index (Phi) is 8.42. The van der Waals surface area contributed by atoms with Gasteiger partial charge in [0.2, 0.25) is 11.8 Å². The first-order valence-corrected chi connectivity index (χ1v) is 13.0. The summed E-state index contributed by atoms with van der Waals surface area (Å²) in [5.74, 6) is -0.839. The van der Waals surface area contributed by atoms with Gasteiger partial charge in [0.1, 0.15) is 0 Å². The van der Waals surface area contributed by atoms with Crippen molar-refractivity contribution in [3.05, 3.63) is 90.5 Å². The molecule has 0 fully saturated rings. The lowest BCUT2D eigenvalue weighted by Gasteiger charge is -2.21. The first-order chi connectivity index (χ1) is 16.4. The molecule has 0 saturated heterocycles. The number of anilines is 2. The van der Waals surface area contributed by atoms with Crippen molar-refractivity contribution in [1.82, 2.24) is 0 Å². The van der Waals surface area contributed by atoms with Crippen LogP contribution in [-0.2, 0) is 9.59 Å². The van der Waals surface area contributed by atoms with Crippen molar-refractivity contribution in [3.63, 3.8) is 0 Å². The van der Waals surface area contributed by atoms with Crippen molar-refractivity contribution in [3.8, 4) is 0 Å². The van der Waals surface area contributed by atoms with Crippen LogP contribution in [0.1, 0.15) is 70.2 Å². The standard InChI is InChI=1S/C30H35IN2O2/c1-16-12-18(3)27(19(4)13-16)32-29(34)22(7)24-10-9-11-25(26(24)31)23(8)30(35)33-28-20(5)14-17(2)15-21(28)6/h9-15,22-23H,1-8H3,(H,32,34)(H,33,35)/t22-,23-/m1/s1. The van der Waals surface area contributed by atoms with Crippen LogP contribution in [0.5, 0.6) is 0 Å². The highest BCUT2D eigenvalue weighted by Gasteiger charge is 2.25. The second-order valence-electron chi connectivity index (χ2n) is 9.72. The molecule has 0 aromatic heterocycles. The third-order valence-corrected chi connectivity index (χ3v) is 7.87. The molecular weight excluding hydrogens is 547 g/mol. The van der Waals surface area contributed by atoms with Crippen LogP contribution in [0.15, 0.2) is 42.5 Å². The molecule has 0 radical (unpaired) electrons. The van der Waals surface area contributed by atoms with E-state index in [-0.39, 0.29) is 23.7 Å². The fraction of sp³-hybridized carbons (Fsp3) is 0.333. The molecule has 0 aliphatic heterocycles. The maximum absolute atomic E-state index is 13.2. The predicted molar refractivity (Wildman–Crippen MR) is 155 cm³/mol. The fourth-order valence-corrected chi connectivity index (χ4v) is 6.03. The van der Waals surface area contributed by atoms with Gasteiger partial charge in [-0.05, 0) is 111 Å². The minimum atomic E-state index is -0.362. The largest absolute Gasteiger partial charge is 0.325 e. The van der Waals surface area contributed by atoms with Gasteiger partial charge in [0.05, 0.1) is 11.8 Å². The summed E-state index contributed by atoms with van der Waals surface area (Å²) in [6.45, 7) is 16.0. The van der Waals surface area contributed by atoms with Crippen molar-refractivity contribution in [2.45, 2.75) is 67.2 Å². The second kappa shape index (κ2) is 10.9. The summed E-state index contributed by atoms with van der Waals surface area (Å²) < 4.78 is 0.949. The third-order valence-electron chi connectivity index (χ3n) is 6.63. The summed E-state index contributed by atoms with van der Waals surface area (Å²) in [5, 5.41) is 6.26. The van der Waals surface area contributed by atoms with Gasteiger partial charge in [0.15, 0.2) is 0 Å². The zero-order chi connectivity index (χ0) is 26.0. The van der Waals surface area contributed by atoms with Crippen molar-refractivity contribution in [2.75, 3.05) is 10.6 Å². The van der Waals surface area contributed by atoms with Crippen molar-refractivity contribution in [2.24, 2.45) is 0 Å². The molecule has 3 aromatic rings. The van der Waals surface area contributed by atoms with Gasteiger partial charge in [-0.2, -0.15) is 0 Å². The van der Waals surface area contributed by atoms with Crippen LogP contribution in [0.2, 0.25) is 0 Å². The Morgan fingerprint density at radius 1 is 0.657 bits per heavy atom. The molecule has 5 heteroatoms. The molecule has 2 atom stereocenters. The Morgan fingerprint density at radius 2 is 0.971 bits per heavy atom. The smallest absolute Gasteiger partial charge is 0.231 e. The Labute approximate surface area is 223 Å². The lowest BCUT2D eigenvalue weighted by molar-refractivity contribution is -0.117. The molecule has 0 unspecified atom stereocenters. The van der Waals surface area contributed by atoms with Gasteiger partial charge in [-0.25, -0.2) is 0 Å². The van der Waals surface area contributed by atoms with E-state index in [1.807, 2.05) is 59.7 Å². The van der Waals surface area contributed by atoms with E-state index in [1.165, 1.54) is 11.1 Å². The summed E-state index contributed by atoms with van der Waals surface area (Å²) in [6, 6.07) is 14.2. The Balaban J connectivity index is 1.84. The number of carbonyl (C=O) groups excluding carboxylic acids is 2. The van der Waals surface area contributed by atoms with Gasteiger partial charge in [-0.3, -0.25) is 9.59 Å². The van der Waals surface area contributed by atoms with Gasteiger partial charge >= 0.3 is 0 Å². The molecule has 2 N–H and O–H groups in total. The van der Waals surface area contributed by atoms with Gasteiger partial charge in [0, 0.05) is 14.9 Å². The molecule has 0 saturated carbocycles. The van der Waals surface area contributed by atoms with Crippen LogP contribution in [0.3, 0.4) is 0 Å². The Bertz CT molecular complexity index is 1150. The molecule has 4 nitrogen and oxygen atoms in total. The van der Waals surface area contributed by atoms with E-state index in [4.69, 9.17) is 0 Å². The molecule has 0 heterocycles. The van der Waals surface area contributed by atoms with Crippen LogP contribution in [-0.4, -0.2) is 11.8 Å². The molecule has 0 aliphatic rings. The van der Waals surface area contributed by atoms with E-state index < -0.39 is 0 Å². The Hall–Kier alpha value is -2.67. The highest BCUT2D eigenvalue weighted by molar-refractivity contribution is 14.1. The quantitative estimate of drug-likeness (QED) is 0.294. The molecule has 3 aromatic carbocycles. The number of aryl methyl sites for hydroxylation is 6. The zero-order valence-corrected chi connectivity index (χ0v) is 24.0. The first kappa shape index (κ1) is 26.9. The number of rotatable bonds is 6. The minimum absolute atomic E-state index is 0.0573. The molecular formula is C30H35IN2O2. The normalized spacial score (nSPS) is 12.7. The van der Waals surface area contributed by atoms with E-state index in [9.17, 15) is 9.59 Å². The SMILES string of the molecule is Cc1cc(C)c(NC(=O)[C@H](C)c2cccc([C@@H](C)C(=O)Nc3c(C)cc(C)cc3C)c2I)c(C)c1. The van der Waals surface area contributed by atoms with Crippen LogP contribution < -0.4 is 10.6 Å². The van der Waals surface area contributed by atoms with E-state index >= 15 is 0 Å². The lowest BCUT2D eigenvalue weighted by atomic mass is 9.92. The van der Waals surface area contributed by atoms with Crippen molar-refractivity contribution < 1.29 is 9.59 Å². The molecule has 0 bridgehead atoms. The summed E-state index contributed by atoms with van der Waals surface area (Å²) in [5.41, 5.74) is 10.2. The van der Waals surface area contributed by atoms with E-state index in [0.717, 1.165) is 48.3 Å². The van der Waals surface area contributed by atoms with Crippen LogP contribution in [0, 0.1) is 45.1 Å². The fourth-order valence-electron chi connectivity index (χ4n) is 4.74. The van der Waals surface area contributed by atoms with Gasteiger partial charge in [-0.1, -0.05) is 53.6 Å². The minimum Gasteiger partial charge on any atom is -0.325 e. The zero-order valence-electron chi connectivity index (χ0n) is 21.9. The highest BCUT2D eigenvalue weighted by atomic mass is 127.